The van der Waals surface area contributed by atoms with Crippen LogP contribution in [0.15, 0.2) is 47.4 Å². The summed E-state index contributed by atoms with van der Waals surface area (Å²) in [4.78, 5) is 16.8. The highest BCUT2D eigenvalue weighted by Gasteiger charge is 2.31. The van der Waals surface area contributed by atoms with Gasteiger partial charge in [0.15, 0.2) is 0 Å². The molecule has 2 aromatic rings. The number of urea groups is 1. The van der Waals surface area contributed by atoms with Gasteiger partial charge in [0.2, 0.25) is 0 Å². The topological polar surface area (TPSA) is 81.8 Å². The molecule has 2 aliphatic rings. The molecule has 0 saturated carbocycles. The van der Waals surface area contributed by atoms with Gasteiger partial charge < -0.3 is 15.1 Å². The molecule has 2 N–H and O–H groups in total. The minimum absolute atomic E-state index is 0.0960. The Labute approximate surface area is 211 Å². The molecule has 7 nitrogen and oxygen atoms in total. The zero-order valence-electron chi connectivity index (χ0n) is 19.1. The number of benzene rings is 2. The molecule has 0 aliphatic carbocycles. The number of rotatable bonds is 5. The van der Waals surface area contributed by atoms with Crippen molar-refractivity contribution in [3.05, 3.63) is 58.1 Å². The summed E-state index contributed by atoms with van der Waals surface area (Å²) in [5.74, 6) is 0. The fraction of sp³-hybridized carbons (Fsp3) is 0.458. The Morgan fingerprint density at radius 1 is 0.912 bits per heavy atom. The van der Waals surface area contributed by atoms with Crippen LogP contribution in [0.4, 0.5) is 10.5 Å². The molecule has 0 unspecified atom stereocenters. The van der Waals surface area contributed by atoms with Crippen molar-refractivity contribution in [3.63, 3.8) is 0 Å². The standard InChI is InChI=1S/C24H30Cl2N4O3S/c1-17-2-5-21(6-3-17)34(32,33)28-24(31)30-14-10-20(11-15-30)29-12-8-18(9-13-29)27-19-4-7-22(25)23(26)16-19/h2-7,16,18,20,27H,8-15H2,1H3,(H,28,31). The van der Waals surface area contributed by atoms with E-state index in [1.54, 1.807) is 23.1 Å². The Hall–Kier alpha value is -2.00. The Morgan fingerprint density at radius 2 is 1.56 bits per heavy atom. The van der Waals surface area contributed by atoms with E-state index in [4.69, 9.17) is 23.2 Å². The zero-order valence-corrected chi connectivity index (χ0v) is 21.5. The highest BCUT2D eigenvalue weighted by molar-refractivity contribution is 7.90. The lowest BCUT2D eigenvalue weighted by molar-refractivity contribution is 0.0995. The van der Waals surface area contributed by atoms with Gasteiger partial charge in [-0.3, -0.25) is 0 Å². The molecule has 2 fully saturated rings. The van der Waals surface area contributed by atoms with Crippen molar-refractivity contribution < 1.29 is 13.2 Å². The number of hydrogen-bond donors (Lipinski definition) is 2. The Bertz CT molecular complexity index is 1110. The number of nitrogens with zero attached hydrogens (tertiary/aromatic N) is 2. The predicted molar refractivity (Wildman–Crippen MR) is 136 cm³/mol. The van der Waals surface area contributed by atoms with E-state index in [0.29, 0.717) is 35.2 Å². The molecule has 2 aliphatic heterocycles. The van der Waals surface area contributed by atoms with Crippen molar-refractivity contribution in [2.45, 2.75) is 49.6 Å². The summed E-state index contributed by atoms with van der Waals surface area (Å²) < 4.78 is 27.2. The first kappa shape index (κ1) is 25.1. The quantitative estimate of drug-likeness (QED) is 0.590. The zero-order chi connectivity index (χ0) is 24.3. The minimum atomic E-state index is -3.87. The number of likely N-dealkylation sites (tertiary alicyclic amines) is 2. The van der Waals surface area contributed by atoms with Crippen molar-refractivity contribution in [2.75, 3.05) is 31.5 Å². The van der Waals surface area contributed by atoms with Crippen LogP contribution in [0.2, 0.25) is 10.0 Å². The highest BCUT2D eigenvalue weighted by Crippen LogP contribution is 2.27. The lowest BCUT2D eigenvalue weighted by Crippen LogP contribution is -2.52. The normalized spacial score (nSPS) is 18.6. The number of anilines is 1. The van der Waals surface area contributed by atoms with Crippen LogP contribution in [-0.2, 0) is 10.0 Å². The molecule has 184 valence electrons. The third-order valence-corrected chi connectivity index (χ3v) is 8.72. The van der Waals surface area contributed by atoms with Gasteiger partial charge in [-0.2, -0.15) is 0 Å². The first-order valence-corrected chi connectivity index (χ1v) is 13.8. The van der Waals surface area contributed by atoms with E-state index < -0.39 is 16.1 Å². The molecule has 4 rings (SSSR count). The number of piperidine rings is 2. The summed E-state index contributed by atoms with van der Waals surface area (Å²) in [6.45, 7) is 4.94. The Balaban J connectivity index is 1.23. The second-order valence-corrected chi connectivity index (χ2v) is 11.5. The monoisotopic (exact) mass is 524 g/mol. The van der Waals surface area contributed by atoms with Crippen LogP contribution in [-0.4, -0.2) is 62.5 Å². The van der Waals surface area contributed by atoms with E-state index in [2.05, 4.69) is 14.9 Å². The van der Waals surface area contributed by atoms with E-state index in [1.165, 1.54) is 12.1 Å². The largest absolute Gasteiger partial charge is 0.382 e. The van der Waals surface area contributed by atoms with Crippen LogP contribution in [0.25, 0.3) is 0 Å². The third-order valence-electron chi connectivity index (χ3n) is 6.64. The van der Waals surface area contributed by atoms with E-state index in [9.17, 15) is 13.2 Å². The number of sulfonamides is 1. The number of amides is 2. The van der Waals surface area contributed by atoms with Crippen LogP contribution in [0.5, 0.6) is 0 Å². The van der Waals surface area contributed by atoms with Crippen molar-refractivity contribution >= 4 is 44.9 Å². The summed E-state index contributed by atoms with van der Waals surface area (Å²) in [5, 5.41) is 4.64. The van der Waals surface area contributed by atoms with Gasteiger partial charge in [-0.1, -0.05) is 40.9 Å². The molecule has 2 amide bonds. The summed E-state index contributed by atoms with van der Waals surface area (Å²) in [6.07, 6.45) is 3.72. The first-order chi connectivity index (χ1) is 16.2. The second-order valence-electron chi connectivity index (χ2n) is 9.03. The molecular formula is C24H30Cl2N4O3S. The SMILES string of the molecule is Cc1ccc(S(=O)(=O)NC(=O)N2CCC(N3CCC(Nc4ccc(Cl)c(Cl)c4)CC3)CC2)cc1. The third kappa shape index (κ3) is 6.16. The fourth-order valence-corrected chi connectivity index (χ4v) is 5.89. The Kier molecular flexibility index (Phi) is 7.92. The van der Waals surface area contributed by atoms with Gasteiger partial charge in [-0.05, 0) is 62.9 Å². The number of aryl methyl sites for hydroxylation is 1. The van der Waals surface area contributed by atoms with E-state index in [1.807, 2.05) is 19.1 Å². The molecule has 0 radical (unpaired) electrons. The van der Waals surface area contributed by atoms with E-state index >= 15 is 0 Å². The smallest absolute Gasteiger partial charge is 0.331 e. The average Bonchev–Trinajstić information content (AvgIpc) is 2.82. The maximum Gasteiger partial charge on any atom is 0.331 e. The van der Waals surface area contributed by atoms with Gasteiger partial charge in [0.25, 0.3) is 10.0 Å². The molecule has 2 aromatic carbocycles. The number of carbonyl (C=O) groups is 1. The van der Waals surface area contributed by atoms with Gasteiger partial charge in [0, 0.05) is 44.0 Å². The van der Waals surface area contributed by atoms with Gasteiger partial charge in [-0.25, -0.2) is 17.9 Å². The average molecular weight is 526 g/mol. The maximum atomic E-state index is 12.6. The first-order valence-electron chi connectivity index (χ1n) is 11.6. The highest BCUT2D eigenvalue weighted by atomic mass is 35.5. The molecule has 0 atom stereocenters. The molecule has 0 aromatic heterocycles. The van der Waals surface area contributed by atoms with Crippen LogP contribution in [0.1, 0.15) is 31.2 Å². The summed E-state index contributed by atoms with van der Waals surface area (Å²) >= 11 is 12.1. The van der Waals surface area contributed by atoms with Gasteiger partial charge in [0.1, 0.15) is 0 Å². The molecule has 0 bridgehead atoms. The molecule has 2 saturated heterocycles. The number of halogens is 2. The van der Waals surface area contributed by atoms with E-state index in [0.717, 1.165) is 50.0 Å². The molecule has 2 heterocycles. The predicted octanol–water partition coefficient (Wildman–Crippen LogP) is 4.74. The van der Waals surface area contributed by atoms with Crippen molar-refractivity contribution in [1.82, 2.24) is 14.5 Å². The number of nitrogens with one attached hydrogen (secondary N) is 2. The molecular weight excluding hydrogens is 495 g/mol. The number of carbonyl (C=O) groups excluding carboxylic acids is 1. The molecule has 0 spiro atoms. The van der Waals surface area contributed by atoms with E-state index in [-0.39, 0.29) is 4.90 Å². The summed E-state index contributed by atoms with van der Waals surface area (Å²) in [7, 11) is -3.87. The fourth-order valence-electron chi connectivity index (χ4n) is 4.62. The molecule has 10 heteroatoms. The lowest BCUT2D eigenvalue weighted by Gasteiger charge is -2.42. The maximum absolute atomic E-state index is 12.6. The van der Waals surface area contributed by atoms with Crippen LogP contribution < -0.4 is 10.0 Å². The lowest BCUT2D eigenvalue weighted by atomic mass is 9.98. The van der Waals surface area contributed by atoms with Gasteiger partial charge in [-0.15, -0.1) is 0 Å². The van der Waals surface area contributed by atoms with Gasteiger partial charge >= 0.3 is 6.03 Å². The van der Waals surface area contributed by atoms with Crippen LogP contribution >= 0.6 is 23.2 Å². The second kappa shape index (κ2) is 10.7. The van der Waals surface area contributed by atoms with Crippen LogP contribution in [0, 0.1) is 6.92 Å². The molecule has 34 heavy (non-hydrogen) atoms. The van der Waals surface area contributed by atoms with Crippen LogP contribution in [0.3, 0.4) is 0 Å². The minimum Gasteiger partial charge on any atom is -0.382 e. The Morgan fingerprint density at radius 3 is 2.18 bits per heavy atom. The van der Waals surface area contributed by atoms with Crippen molar-refractivity contribution in [1.29, 1.82) is 0 Å². The summed E-state index contributed by atoms with van der Waals surface area (Å²) in [5.41, 5.74) is 1.94. The van der Waals surface area contributed by atoms with Crippen molar-refractivity contribution in [3.8, 4) is 0 Å². The number of hydrogen-bond acceptors (Lipinski definition) is 5. The van der Waals surface area contributed by atoms with Crippen molar-refractivity contribution in [2.24, 2.45) is 0 Å². The summed E-state index contributed by atoms with van der Waals surface area (Å²) in [6, 6.07) is 12.3. The van der Waals surface area contributed by atoms with Gasteiger partial charge in [0.05, 0.1) is 14.9 Å².